The molecule has 0 radical (unpaired) electrons. The van der Waals surface area contributed by atoms with Gasteiger partial charge in [-0.05, 0) is 42.0 Å². The van der Waals surface area contributed by atoms with E-state index in [1.54, 1.807) is 0 Å². The molecule has 28 heavy (non-hydrogen) atoms. The second-order valence-corrected chi connectivity index (χ2v) is 5.75. The summed E-state index contributed by atoms with van der Waals surface area (Å²) in [7, 11) is 1.31. The van der Waals surface area contributed by atoms with Gasteiger partial charge >= 0.3 is 0 Å². The van der Waals surface area contributed by atoms with Gasteiger partial charge in [-0.15, -0.1) is 0 Å². The summed E-state index contributed by atoms with van der Waals surface area (Å²) in [6.45, 7) is -0.211. The zero-order valence-electron chi connectivity index (χ0n) is 14.6. The Hall–Kier alpha value is -3.62. The molecule has 0 bridgehead atoms. The molecule has 0 fully saturated rings. The Bertz CT molecular complexity index is 1060. The topological polar surface area (TPSA) is 73.2 Å². The Balaban J connectivity index is 1.90. The lowest BCUT2D eigenvalue weighted by Crippen LogP contribution is -2.31. The number of aromatic nitrogens is 2. The van der Waals surface area contributed by atoms with E-state index in [4.69, 9.17) is 4.74 Å². The quantitative estimate of drug-likeness (QED) is 0.728. The van der Waals surface area contributed by atoms with Crippen molar-refractivity contribution >= 4 is 5.91 Å². The minimum Gasteiger partial charge on any atom is -0.481 e. The largest absolute Gasteiger partial charge is 0.481 e. The van der Waals surface area contributed by atoms with Crippen LogP contribution in [0.1, 0.15) is 16.1 Å². The smallest absolute Gasteiger partial charge is 0.276 e. The fourth-order valence-corrected chi connectivity index (χ4v) is 2.49. The van der Waals surface area contributed by atoms with E-state index in [1.165, 1.54) is 31.4 Å². The molecular weight excluding hydrogens is 375 g/mol. The average Bonchev–Trinajstić information content (AvgIpc) is 2.66. The molecule has 2 aromatic carbocycles. The van der Waals surface area contributed by atoms with Gasteiger partial charge < -0.3 is 10.1 Å². The van der Waals surface area contributed by atoms with Crippen LogP contribution in [0.4, 0.5) is 13.2 Å². The second kappa shape index (κ2) is 7.95. The summed E-state index contributed by atoms with van der Waals surface area (Å²) < 4.78 is 45.9. The molecule has 1 aromatic heterocycles. The number of carbonyl (C=O) groups is 1. The number of ether oxygens (including phenoxy) is 1. The van der Waals surface area contributed by atoms with Crippen molar-refractivity contribution in [3.05, 3.63) is 87.5 Å². The summed E-state index contributed by atoms with van der Waals surface area (Å²) in [6.07, 6.45) is 0. The minimum absolute atomic E-state index is 0.0420. The van der Waals surface area contributed by atoms with E-state index in [1.807, 2.05) is 0 Å². The molecule has 0 saturated heterocycles. The third kappa shape index (κ3) is 4.20. The number of hydrogen-bond donors (Lipinski definition) is 1. The van der Waals surface area contributed by atoms with Crippen molar-refractivity contribution in [3.8, 4) is 11.6 Å². The first-order chi connectivity index (χ1) is 13.4. The van der Waals surface area contributed by atoms with Gasteiger partial charge in [-0.3, -0.25) is 9.59 Å². The minimum atomic E-state index is -0.840. The Morgan fingerprint density at radius 2 is 1.68 bits per heavy atom. The van der Waals surface area contributed by atoms with Gasteiger partial charge in [-0.25, -0.2) is 17.9 Å². The lowest BCUT2D eigenvalue weighted by Gasteiger charge is -2.12. The van der Waals surface area contributed by atoms with E-state index in [-0.39, 0.29) is 18.0 Å². The number of rotatable bonds is 5. The number of halogens is 3. The van der Waals surface area contributed by atoms with Crippen LogP contribution in [0.25, 0.3) is 5.69 Å². The van der Waals surface area contributed by atoms with Gasteiger partial charge in [0.1, 0.15) is 17.5 Å². The van der Waals surface area contributed by atoms with E-state index in [2.05, 4.69) is 10.4 Å². The van der Waals surface area contributed by atoms with Crippen molar-refractivity contribution in [1.82, 2.24) is 15.1 Å². The van der Waals surface area contributed by atoms with Crippen LogP contribution in [-0.4, -0.2) is 22.8 Å². The average molecular weight is 389 g/mol. The van der Waals surface area contributed by atoms with E-state index in [9.17, 15) is 22.8 Å². The second-order valence-electron chi connectivity index (χ2n) is 5.75. The summed E-state index contributed by atoms with van der Waals surface area (Å²) in [6, 6.07) is 9.05. The number of carbonyl (C=O) groups excluding carboxylic acids is 1. The zero-order chi connectivity index (χ0) is 20.3. The van der Waals surface area contributed by atoms with Crippen molar-refractivity contribution in [2.24, 2.45) is 0 Å². The van der Waals surface area contributed by atoms with Crippen LogP contribution in [-0.2, 0) is 6.54 Å². The highest BCUT2D eigenvalue weighted by atomic mass is 19.1. The molecule has 0 spiro atoms. The molecule has 3 rings (SSSR count). The summed E-state index contributed by atoms with van der Waals surface area (Å²) in [5, 5.41) is 6.37. The molecular formula is C19H14F3N3O3. The Morgan fingerprint density at radius 3 is 2.29 bits per heavy atom. The Kier molecular flexibility index (Phi) is 5.44. The van der Waals surface area contributed by atoms with Crippen molar-refractivity contribution in [2.75, 3.05) is 7.11 Å². The highest BCUT2D eigenvalue weighted by molar-refractivity contribution is 5.92. The third-order valence-electron chi connectivity index (χ3n) is 3.77. The van der Waals surface area contributed by atoms with Gasteiger partial charge in [0.15, 0.2) is 5.69 Å². The fraction of sp³-hybridized carbons (Fsp3) is 0.105. The number of hydrogen-bond acceptors (Lipinski definition) is 4. The molecule has 6 nitrogen and oxygen atoms in total. The van der Waals surface area contributed by atoms with E-state index in [0.717, 1.165) is 22.9 Å². The maximum absolute atomic E-state index is 13.2. The molecule has 1 N–H and O–H groups in total. The molecule has 0 unspecified atom stereocenters. The van der Waals surface area contributed by atoms with Crippen LogP contribution in [0.2, 0.25) is 0 Å². The normalized spacial score (nSPS) is 10.6. The molecule has 1 heterocycles. The molecule has 1 amide bonds. The zero-order valence-corrected chi connectivity index (χ0v) is 14.6. The van der Waals surface area contributed by atoms with E-state index in [0.29, 0.717) is 11.8 Å². The molecule has 0 saturated carbocycles. The number of amides is 1. The van der Waals surface area contributed by atoms with Crippen LogP contribution in [0.5, 0.6) is 5.88 Å². The SMILES string of the molecule is COc1cc(=O)c(C(=O)NCc2cc(F)cc(F)c2)nn1-c1ccc(F)cc1. The number of methoxy groups -OCH3 is 1. The lowest BCUT2D eigenvalue weighted by molar-refractivity contribution is 0.0942. The third-order valence-corrected chi connectivity index (χ3v) is 3.77. The van der Waals surface area contributed by atoms with Crippen molar-refractivity contribution in [2.45, 2.75) is 6.54 Å². The maximum Gasteiger partial charge on any atom is 0.276 e. The number of nitrogens with zero attached hydrogens (tertiary/aromatic N) is 2. The number of nitrogens with one attached hydrogen (secondary N) is 1. The van der Waals surface area contributed by atoms with Crippen molar-refractivity contribution in [3.63, 3.8) is 0 Å². The van der Waals surface area contributed by atoms with Crippen LogP contribution < -0.4 is 15.5 Å². The van der Waals surface area contributed by atoms with Gasteiger partial charge in [0, 0.05) is 12.6 Å². The van der Waals surface area contributed by atoms with Gasteiger partial charge in [0.05, 0.1) is 18.9 Å². The Morgan fingerprint density at radius 1 is 1.04 bits per heavy atom. The molecule has 0 aliphatic carbocycles. The molecule has 0 aliphatic heterocycles. The molecule has 3 aromatic rings. The fourth-order valence-electron chi connectivity index (χ4n) is 2.49. The first kappa shape index (κ1) is 19.2. The molecule has 144 valence electrons. The van der Waals surface area contributed by atoms with Crippen LogP contribution in [0, 0.1) is 17.5 Å². The molecule has 0 aliphatic rings. The highest BCUT2D eigenvalue weighted by Crippen LogP contribution is 2.15. The molecule has 9 heteroatoms. The predicted molar refractivity (Wildman–Crippen MR) is 93.9 cm³/mol. The highest BCUT2D eigenvalue weighted by Gasteiger charge is 2.17. The summed E-state index contributed by atoms with van der Waals surface area (Å²) >= 11 is 0. The van der Waals surface area contributed by atoms with Crippen molar-refractivity contribution in [1.29, 1.82) is 0 Å². The first-order valence-corrected chi connectivity index (χ1v) is 8.05. The van der Waals surface area contributed by atoms with Gasteiger partial charge in [0.25, 0.3) is 5.91 Å². The first-order valence-electron chi connectivity index (χ1n) is 8.05. The summed E-state index contributed by atoms with van der Waals surface area (Å²) in [5.41, 5.74) is -0.627. The Labute approximate surface area is 157 Å². The van der Waals surface area contributed by atoms with E-state index >= 15 is 0 Å². The van der Waals surface area contributed by atoms with Gasteiger partial charge in [-0.1, -0.05) is 0 Å². The predicted octanol–water partition coefficient (Wildman–Crippen LogP) is 2.59. The van der Waals surface area contributed by atoms with Crippen molar-refractivity contribution < 1.29 is 22.7 Å². The number of benzene rings is 2. The van der Waals surface area contributed by atoms with Crippen LogP contribution >= 0.6 is 0 Å². The van der Waals surface area contributed by atoms with Gasteiger partial charge in [0.2, 0.25) is 11.3 Å². The summed E-state index contributed by atoms with van der Waals surface area (Å²) in [5.74, 6) is -2.84. The monoisotopic (exact) mass is 389 g/mol. The molecule has 0 atom stereocenters. The lowest BCUT2D eigenvalue weighted by atomic mass is 10.2. The van der Waals surface area contributed by atoms with Gasteiger partial charge in [-0.2, -0.15) is 5.10 Å². The maximum atomic E-state index is 13.2. The standard InChI is InChI=1S/C19H14F3N3O3/c1-28-17-9-16(26)18(24-25(17)15-4-2-12(20)3-5-15)19(27)23-10-11-6-13(21)8-14(22)7-11/h2-9H,10H2,1H3,(H,23,27). The van der Waals surface area contributed by atoms with E-state index < -0.39 is 34.5 Å². The summed E-state index contributed by atoms with van der Waals surface area (Å²) in [4.78, 5) is 24.6. The van der Waals surface area contributed by atoms with Crippen LogP contribution in [0.3, 0.4) is 0 Å². The van der Waals surface area contributed by atoms with Crippen LogP contribution in [0.15, 0.2) is 53.3 Å².